The lowest BCUT2D eigenvalue weighted by Crippen LogP contribution is -2.51. The number of carbonyl (C=O) groups excluding carboxylic acids is 2. The summed E-state index contributed by atoms with van der Waals surface area (Å²) in [6.07, 6.45) is 4.33. The van der Waals surface area contributed by atoms with Gasteiger partial charge in [-0.15, -0.1) is 0 Å². The van der Waals surface area contributed by atoms with Gasteiger partial charge in [-0.2, -0.15) is 0 Å². The van der Waals surface area contributed by atoms with Crippen LogP contribution in [0.3, 0.4) is 0 Å². The van der Waals surface area contributed by atoms with Crippen LogP contribution in [0.2, 0.25) is 5.02 Å². The first-order valence-electron chi connectivity index (χ1n) is 11.3. The zero-order valence-corrected chi connectivity index (χ0v) is 20.0. The molecule has 2 aromatic rings. The molecular weight excluding hydrogens is 422 g/mol. The molecule has 0 bridgehead atoms. The predicted octanol–water partition coefficient (Wildman–Crippen LogP) is 5.63. The van der Waals surface area contributed by atoms with Gasteiger partial charge in [-0.25, -0.2) is 0 Å². The third-order valence-corrected chi connectivity index (χ3v) is 6.19. The number of nitrogens with one attached hydrogen (secondary N) is 1. The number of hydrogen-bond acceptors (Lipinski definition) is 3. The molecule has 0 heterocycles. The zero-order chi connectivity index (χ0) is 23.3. The van der Waals surface area contributed by atoms with Crippen molar-refractivity contribution in [2.45, 2.75) is 71.5 Å². The molecule has 1 aliphatic carbocycles. The minimum Gasteiger partial charge on any atom is -0.330 e. The minimum atomic E-state index is -0.102. The number of nitrogens with two attached hydrogens (primary N) is 1. The molecule has 3 rings (SSSR count). The van der Waals surface area contributed by atoms with Crippen LogP contribution in [0.25, 0.3) is 0 Å². The van der Waals surface area contributed by atoms with Crippen LogP contribution >= 0.6 is 11.6 Å². The van der Waals surface area contributed by atoms with Crippen molar-refractivity contribution in [2.24, 2.45) is 11.1 Å². The standard InChI is InChI=1S/C26H34ClN3O2/c1-26(2,3)16-24(31)29-20-13-14-21(27)19(15-20)17-30(23-12-8-7-11-22(23)28)25(32)18-9-5-4-6-10-18/h4-6,9-10,13-15,22-23H,7-8,11-12,16-17,28H2,1-3H3,(H,29,31). The number of hydrogen-bond donors (Lipinski definition) is 2. The number of halogens is 1. The lowest BCUT2D eigenvalue weighted by Gasteiger charge is -2.38. The normalized spacial score (nSPS) is 18.8. The van der Waals surface area contributed by atoms with Gasteiger partial charge in [0.15, 0.2) is 0 Å². The lowest BCUT2D eigenvalue weighted by atomic mass is 9.89. The van der Waals surface area contributed by atoms with Crippen molar-refractivity contribution in [3.8, 4) is 0 Å². The van der Waals surface area contributed by atoms with Crippen LogP contribution in [0.5, 0.6) is 0 Å². The summed E-state index contributed by atoms with van der Waals surface area (Å²) in [4.78, 5) is 27.7. The third-order valence-electron chi connectivity index (χ3n) is 5.82. The second-order valence-corrected chi connectivity index (χ2v) is 10.3. The molecule has 0 saturated heterocycles. The summed E-state index contributed by atoms with van der Waals surface area (Å²) in [5.41, 5.74) is 8.46. The van der Waals surface area contributed by atoms with E-state index in [1.54, 1.807) is 12.1 Å². The van der Waals surface area contributed by atoms with Crippen molar-refractivity contribution in [3.05, 3.63) is 64.7 Å². The Kier molecular flexibility index (Phi) is 7.96. The molecule has 3 N–H and O–H groups in total. The maximum Gasteiger partial charge on any atom is 0.254 e. The summed E-state index contributed by atoms with van der Waals surface area (Å²) < 4.78 is 0. The van der Waals surface area contributed by atoms with Gasteiger partial charge < -0.3 is 16.0 Å². The van der Waals surface area contributed by atoms with Crippen LogP contribution < -0.4 is 11.1 Å². The maximum atomic E-state index is 13.5. The summed E-state index contributed by atoms with van der Waals surface area (Å²) in [5, 5.41) is 3.53. The summed E-state index contributed by atoms with van der Waals surface area (Å²) in [5.74, 6) is -0.0940. The van der Waals surface area contributed by atoms with Crippen LogP contribution in [0.1, 0.15) is 68.8 Å². The Balaban J connectivity index is 1.86. The molecule has 2 unspecified atom stereocenters. The van der Waals surface area contributed by atoms with Crippen molar-refractivity contribution in [1.29, 1.82) is 0 Å². The molecule has 0 spiro atoms. The van der Waals surface area contributed by atoms with Gasteiger partial charge >= 0.3 is 0 Å². The smallest absolute Gasteiger partial charge is 0.254 e. The molecule has 6 heteroatoms. The minimum absolute atomic E-state index is 0.0442. The van der Waals surface area contributed by atoms with E-state index in [9.17, 15) is 9.59 Å². The van der Waals surface area contributed by atoms with Gasteiger partial charge in [0.05, 0.1) is 0 Å². The highest BCUT2D eigenvalue weighted by Crippen LogP contribution is 2.29. The van der Waals surface area contributed by atoms with Crippen molar-refractivity contribution in [1.82, 2.24) is 4.90 Å². The highest BCUT2D eigenvalue weighted by atomic mass is 35.5. The van der Waals surface area contributed by atoms with Gasteiger partial charge in [0.25, 0.3) is 5.91 Å². The van der Waals surface area contributed by atoms with Gasteiger partial charge in [0, 0.05) is 41.3 Å². The van der Waals surface area contributed by atoms with Crippen molar-refractivity contribution >= 4 is 29.1 Å². The fraction of sp³-hybridized carbons (Fsp3) is 0.462. The molecule has 2 atom stereocenters. The molecule has 32 heavy (non-hydrogen) atoms. The van der Waals surface area contributed by atoms with E-state index in [-0.39, 0.29) is 29.3 Å². The summed E-state index contributed by atoms with van der Waals surface area (Å²) in [6.45, 7) is 6.43. The third kappa shape index (κ3) is 6.57. The van der Waals surface area contributed by atoms with Gasteiger partial charge in [-0.05, 0) is 54.2 Å². The highest BCUT2D eigenvalue weighted by Gasteiger charge is 2.32. The van der Waals surface area contributed by atoms with E-state index in [1.165, 1.54) is 0 Å². The van der Waals surface area contributed by atoms with Crippen LogP contribution in [-0.4, -0.2) is 28.8 Å². The highest BCUT2D eigenvalue weighted by molar-refractivity contribution is 6.31. The topological polar surface area (TPSA) is 75.4 Å². The average molecular weight is 456 g/mol. The molecule has 0 radical (unpaired) electrons. The first-order chi connectivity index (χ1) is 15.1. The molecule has 1 saturated carbocycles. The quantitative estimate of drug-likeness (QED) is 0.592. The maximum absolute atomic E-state index is 13.5. The van der Waals surface area contributed by atoms with Crippen molar-refractivity contribution in [2.75, 3.05) is 5.32 Å². The van der Waals surface area contributed by atoms with Crippen molar-refractivity contribution in [3.63, 3.8) is 0 Å². The fourth-order valence-electron chi connectivity index (χ4n) is 4.26. The van der Waals surface area contributed by atoms with Crippen LogP contribution in [0, 0.1) is 5.41 Å². The molecule has 1 aliphatic rings. The van der Waals surface area contributed by atoms with Gasteiger partial charge in [0.1, 0.15) is 0 Å². The Hall–Kier alpha value is -2.37. The number of amides is 2. The predicted molar refractivity (Wildman–Crippen MR) is 131 cm³/mol. The van der Waals surface area contributed by atoms with E-state index in [4.69, 9.17) is 17.3 Å². The lowest BCUT2D eigenvalue weighted by molar-refractivity contribution is -0.117. The van der Waals surface area contributed by atoms with Gasteiger partial charge in [-0.1, -0.05) is 63.4 Å². The Morgan fingerprint density at radius 3 is 2.44 bits per heavy atom. The second-order valence-electron chi connectivity index (χ2n) is 9.91. The Bertz CT molecular complexity index is 940. The molecule has 2 aromatic carbocycles. The number of benzene rings is 2. The van der Waals surface area contributed by atoms with Crippen molar-refractivity contribution < 1.29 is 9.59 Å². The SMILES string of the molecule is CC(C)(C)CC(=O)Nc1ccc(Cl)c(CN(C(=O)c2ccccc2)C2CCCCC2N)c1. The molecule has 172 valence electrons. The monoisotopic (exact) mass is 455 g/mol. The Morgan fingerprint density at radius 2 is 1.78 bits per heavy atom. The van der Waals surface area contributed by atoms with Gasteiger partial charge in [-0.3, -0.25) is 9.59 Å². The Labute approximate surface area is 196 Å². The molecule has 2 amide bonds. The van der Waals surface area contributed by atoms with Crippen LogP contribution in [0.4, 0.5) is 5.69 Å². The molecule has 5 nitrogen and oxygen atoms in total. The van der Waals surface area contributed by atoms with E-state index < -0.39 is 0 Å². The number of rotatable bonds is 6. The summed E-state index contributed by atoms with van der Waals surface area (Å²) in [6, 6.07) is 14.6. The first kappa shape index (κ1) is 24.3. The van der Waals surface area contributed by atoms with Crippen LogP contribution in [-0.2, 0) is 11.3 Å². The fourth-order valence-corrected chi connectivity index (χ4v) is 4.43. The summed E-state index contributed by atoms with van der Waals surface area (Å²) >= 11 is 6.53. The van der Waals surface area contributed by atoms with E-state index in [0.29, 0.717) is 29.2 Å². The zero-order valence-electron chi connectivity index (χ0n) is 19.2. The van der Waals surface area contributed by atoms with Crippen LogP contribution in [0.15, 0.2) is 48.5 Å². The Morgan fingerprint density at radius 1 is 1.09 bits per heavy atom. The molecular formula is C26H34ClN3O2. The average Bonchev–Trinajstić information content (AvgIpc) is 2.73. The van der Waals surface area contributed by atoms with Gasteiger partial charge in [0.2, 0.25) is 5.91 Å². The van der Waals surface area contributed by atoms with E-state index in [2.05, 4.69) is 5.32 Å². The largest absolute Gasteiger partial charge is 0.330 e. The van der Waals surface area contributed by atoms with E-state index in [0.717, 1.165) is 31.2 Å². The van der Waals surface area contributed by atoms with E-state index in [1.807, 2.05) is 62.1 Å². The summed E-state index contributed by atoms with van der Waals surface area (Å²) in [7, 11) is 0. The second kappa shape index (κ2) is 10.5. The molecule has 1 fully saturated rings. The molecule has 0 aromatic heterocycles. The molecule has 0 aliphatic heterocycles. The number of carbonyl (C=O) groups is 2. The van der Waals surface area contributed by atoms with E-state index >= 15 is 0 Å². The first-order valence-corrected chi connectivity index (χ1v) is 11.7. The number of nitrogens with zero attached hydrogens (tertiary/aromatic N) is 1. The number of anilines is 1.